The Morgan fingerprint density at radius 1 is 1.24 bits per heavy atom. The molecule has 1 aromatic carbocycles. The molecule has 29 heavy (non-hydrogen) atoms. The summed E-state index contributed by atoms with van der Waals surface area (Å²) in [6.45, 7) is 5.52. The van der Waals surface area contributed by atoms with E-state index in [1.165, 1.54) is 15.9 Å². The van der Waals surface area contributed by atoms with Crippen molar-refractivity contribution in [3.05, 3.63) is 57.0 Å². The number of carbonyl (C=O) groups excluding carboxylic acids is 2. The number of hydrogen-bond donors (Lipinski definition) is 2. The van der Waals surface area contributed by atoms with Gasteiger partial charge in [0.15, 0.2) is 0 Å². The normalized spacial score (nSPS) is 12.1. The van der Waals surface area contributed by atoms with Gasteiger partial charge >= 0.3 is 0 Å². The van der Waals surface area contributed by atoms with E-state index in [1.807, 2.05) is 25.1 Å². The average Bonchev–Trinajstić information content (AvgIpc) is 3.02. The van der Waals surface area contributed by atoms with Gasteiger partial charge in [0.2, 0.25) is 5.91 Å². The topological polar surface area (TPSA) is 107 Å². The number of aryl methyl sites for hydroxylation is 2. The van der Waals surface area contributed by atoms with Crippen LogP contribution in [0.4, 0.5) is 5.69 Å². The molecule has 3 rings (SSSR count). The third-order valence-electron chi connectivity index (χ3n) is 4.81. The first kappa shape index (κ1) is 20.7. The summed E-state index contributed by atoms with van der Waals surface area (Å²) in [4.78, 5) is 43.7. The zero-order valence-corrected chi connectivity index (χ0v) is 17.5. The molecule has 3 N–H and O–H groups in total. The van der Waals surface area contributed by atoms with Crippen molar-refractivity contribution in [2.24, 2.45) is 5.73 Å². The Hall–Kier alpha value is -3.00. The zero-order valence-electron chi connectivity index (χ0n) is 16.7. The number of carbonyl (C=O) groups is 2. The van der Waals surface area contributed by atoms with Crippen LogP contribution in [0, 0.1) is 6.92 Å². The molecule has 2 aromatic heterocycles. The number of benzene rings is 1. The molecule has 0 fully saturated rings. The summed E-state index contributed by atoms with van der Waals surface area (Å²) in [5, 5.41) is 3.22. The summed E-state index contributed by atoms with van der Waals surface area (Å²) >= 11 is 1.19. The van der Waals surface area contributed by atoms with Crippen molar-refractivity contribution < 1.29 is 9.59 Å². The summed E-state index contributed by atoms with van der Waals surface area (Å²) < 4.78 is 1.41. The minimum Gasteiger partial charge on any atom is -0.368 e. The first-order chi connectivity index (χ1) is 13.9. The molecule has 2 amide bonds. The van der Waals surface area contributed by atoms with Gasteiger partial charge < -0.3 is 11.1 Å². The smallest absolute Gasteiger partial charge is 0.266 e. The van der Waals surface area contributed by atoms with E-state index in [1.54, 1.807) is 26.0 Å². The number of hydrogen-bond acceptors (Lipinski definition) is 5. The summed E-state index contributed by atoms with van der Waals surface area (Å²) in [6, 6.07) is 8.36. The fraction of sp³-hybridized carbons (Fsp3) is 0.333. The van der Waals surface area contributed by atoms with Gasteiger partial charge in [-0.2, -0.15) is 0 Å². The molecule has 7 nitrogen and oxygen atoms in total. The van der Waals surface area contributed by atoms with E-state index < -0.39 is 11.9 Å². The zero-order chi connectivity index (χ0) is 21.1. The van der Waals surface area contributed by atoms with E-state index >= 15 is 0 Å². The predicted octanol–water partition coefficient (Wildman–Crippen LogP) is 3.41. The first-order valence-corrected chi connectivity index (χ1v) is 10.4. The van der Waals surface area contributed by atoms with Crippen LogP contribution in [0.1, 0.15) is 53.8 Å². The van der Waals surface area contributed by atoms with Gasteiger partial charge in [0, 0.05) is 12.1 Å². The quantitative estimate of drug-likeness (QED) is 0.620. The highest BCUT2D eigenvalue weighted by atomic mass is 32.1. The number of rotatable bonds is 7. The van der Waals surface area contributed by atoms with Crippen molar-refractivity contribution in [2.75, 3.05) is 5.32 Å². The highest BCUT2D eigenvalue weighted by Gasteiger charge is 2.26. The van der Waals surface area contributed by atoms with E-state index in [4.69, 9.17) is 5.73 Å². The van der Waals surface area contributed by atoms with Gasteiger partial charge in [-0.15, -0.1) is 11.3 Å². The lowest BCUT2D eigenvalue weighted by Crippen LogP contribution is -2.36. The molecule has 0 aliphatic rings. The molecule has 0 bridgehead atoms. The molecule has 1 unspecified atom stereocenters. The minimum atomic E-state index is -0.762. The Bertz CT molecular complexity index is 1120. The number of amides is 2. The van der Waals surface area contributed by atoms with Crippen LogP contribution < -0.4 is 16.6 Å². The van der Waals surface area contributed by atoms with Crippen molar-refractivity contribution >= 4 is 39.1 Å². The molecule has 3 aromatic rings. The number of primary amides is 1. The van der Waals surface area contributed by atoms with Gasteiger partial charge in [0.1, 0.15) is 16.7 Å². The number of thiophene rings is 1. The van der Waals surface area contributed by atoms with Gasteiger partial charge in [-0.1, -0.05) is 32.0 Å². The number of nitrogens with zero attached hydrogens (tertiary/aromatic N) is 2. The maximum absolute atomic E-state index is 13.3. The third-order valence-corrected chi connectivity index (χ3v) is 5.99. The van der Waals surface area contributed by atoms with Gasteiger partial charge in [-0.25, -0.2) is 4.98 Å². The number of nitrogens with one attached hydrogen (secondary N) is 1. The standard InChI is InChI=1S/C21H24N4O3S/c1-4-9-15-24-20-16(21(28)25(15)14(5-2)18(22)26)12(3)17(29-20)19(27)23-13-10-7-6-8-11-13/h6-8,10-11,14H,4-5,9H2,1-3H3,(H2,22,26)(H,23,27). The largest absolute Gasteiger partial charge is 0.368 e. The molecule has 0 radical (unpaired) electrons. The summed E-state index contributed by atoms with van der Waals surface area (Å²) in [6.07, 6.45) is 1.69. The molecule has 0 saturated carbocycles. The van der Waals surface area contributed by atoms with Crippen LogP contribution in [0.15, 0.2) is 35.1 Å². The maximum Gasteiger partial charge on any atom is 0.266 e. The molecule has 8 heteroatoms. The average molecular weight is 413 g/mol. The van der Waals surface area contributed by atoms with Crippen LogP contribution >= 0.6 is 11.3 Å². The second-order valence-corrected chi connectivity index (χ2v) is 7.84. The van der Waals surface area contributed by atoms with Crippen LogP contribution in [0.25, 0.3) is 10.2 Å². The van der Waals surface area contributed by atoms with E-state index in [-0.39, 0.29) is 11.5 Å². The Morgan fingerprint density at radius 2 is 1.93 bits per heavy atom. The number of aromatic nitrogens is 2. The fourth-order valence-electron chi connectivity index (χ4n) is 3.40. The minimum absolute atomic E-state index is 0.290. The molecule has 1 atom stereocenters. The van der Waals surface area contributed by atoms with Crippen molar-refractivity contribution in [3.8, 4) is 0 Å². The lowest BCUT2D eigenvalue weighted by Gasteiger charge is -2.18. The molecule has 152 valence electrons. The second kappa shape index (κ2) is 8.57. The predicted molar refractivity (Wildman–Crippen MR) is 116 cm³/mol. The van der Waals surface area contributed by atoms with Crippen LogP contribution in [0.3, 0.4) is 0 Å². The second-order valence-electron chi connectivity index (χ2n) is 6.84. The van der Waals surface area contributed by atoms with E-state index in [0.717, 1.165) is 6.42 Å². The molecular weight excluding hydrogens is 388 g/mol. The van der Waals surface area contributed by atoms with Crippen molar-refractivity contribution in [1.29, 1.82) is 0 Å². The fourth-order valence-corrected chi connectivity index (χ4v) is 4.48. The Kier molecular flexibility index (Phi) is 6.12. The van der Waals surface area contributed by atoms with Gasteiger partial charge in [0.25, 0.3) is 11.5 Å². The monoisotopic (exact) mass is 412 g/mol. The van der Waals surface area contributed by atoms with Crippen LogP contribution in [-0.2, 0) is 11.2 Å². The Morgan fingerprint density at radius 3 is 2.52 bits per heavy atom. The summed E-state index contributed by atoms with van der Waals surface area (Å²) in [5.41, 5.74) is 6.46. The molecule has 0 saturated heterocycles. The molecular formula is C21H24N4O3S. The van der Waals surface area contributed by atoms with Crippen LogP contribution in [0.5, 0.6) is 0 Å². The Balaban J connectivity index is 2.16. The lowest BCUT2D eigenvalue weighted by atomic mass is 10.1. The highest BCUT2D eigenvalue weighted by molar-refractivity contribution is 7.20. The number of para-hydroxylation sites is 1. The third kappa shape index (κ3) is 3.93. The van der Waals surface area contributed by atoms with Gasteiger partial charge in [-0.3, -0.25) is 19.0 Å². The first-order valence-electron chi connectivity index (χ1n) is 9.59. The number of nitrogens with two attached hydrogens (primary N) is 1. The molecule has 0 spiro atoms. The summed E-state index contributed by atoms with van der Waals surface area (Å²) in [5.74, 6) is -0.336. The van der Waals surface area contributed by atoms with Gasteiger partial charge in [0.05, 0.1) is 10.3 Å². The van der Waals surface area contributed by atoms with E-state index in [2.05, 4.69) is 10.3 Å². The van der Waals surface area contributed by atoms with E-state index in [0.29, 0.717) is 45.0 Å². The highest BCUT2D eigenvalue weighted by Crippen LogP contribution is 2.29. The SMILES string of the molecule is CCCc1nc2sc(C(=O)Nc3ccccc3)c(C)c2c(=O)n1C(CC)C(N)=O. The number of fused-ring (bicyclic) bond motifs is 1. The molecule has 0 aliphatic carbocycles. The van der Waals surface area contributed by atoms with E-state index in [9.17, 15) is 14.4 Å². The summed E-state index contributed by atoms with van der Waals surface area (Å²) in [7, 11) is 0. The van der Waals surface area contributed by atoms with Crippen molar-refractivity contribution in [2.45, 2.75) is 46.1 Å². The van der Waals surface area contributed by atoms with Crippen molar-refractivity contribution in [3.63, 3.8) is 0 Å². The van der Waals surface area contributed by atoms with Crippen LogP contribution in [0.2, 0.25) is 0 Å². The van der Waals surface area contributed by atoms with Gasteiger partial charge in [-0.05, 0) is 37.5 Å². The molecule has 0 aliphatic heterocycles. The van der Waals surface area contributed by atoms with Crippen LogP contribution in [-0.4, -0.2) is 21.4 Å². The Labute approximate surface area is 172 Å². The lowest BCUT2D eigenvalue weighted by molar-refractivity contribution is -0.121. The molecule has 2 heterocycles. The van der Waals surface area contributed by atoms with Crippen molar-refractivity contribution in [1.82, 2.24) is 9.55 Å². The number of anilines is 1. The maximum atomic E-state index is 13.3.